The summed E-state index contributed by atoms with van der Waals surface area (Å²) < 4.78 is 4.82. The summed E-state index contributed by atoms with van der Waals surface area (Å²) >= 11 is 1.05. The van der Waals surface area contributed by atoms with Crippen LogP contribution in [0, 0.1) is 11.8 Å². The van der Waals surface area contributed by atoms with Gasteiger partial charge in [0.15, 0.2) is 11.2 Å². The Morgan fingerprint density at radius 3 is 2.38 bits per heavy atom. The number of hydrogen-bond donors (Lipinski definition) is 1. The Hall–Kier alpha value is -1.33. The molecule has 0 aliphatic carbocycles. The molecule has 0 unspecified atom stereocenters. The minimum absolute atomic E-state index is 0.185. The van der Waals surface area contributed by atoms with Gasteiger partial charge in [-0.2, -0.15) is 0 Å². The summed E-state index contributed by atoms with van der Waals surface area (Å²) in [5.41, 5.74) is 0. The maximum atomic E-state index is 12.4. The van der Waals surface area contributed by atoms with Crippen LogP contribution in [0.4, 0.5) is 0 Å². The third-order valence-electron chi connectivity index (χ3n) is 2.90. The zero-order chi connectivity index (χ0) is 15.8. The highest BCUT2D eigenvalue weighted by Crippen LogP contribution is 2.28. The topological polar surface area (TPSA) is 63.6 Å². The average molecular weight is 310 g/mol. The minimum Gasteiger partial charge on any atom is -0.464 e. The molecule has 0 spiro atoms. The number of rotatable bonds is 7. The number of esters is 1. The molecule has 0 aliphatic heterocycles. The standard InChI is InChI=1S/C16H22O4S/c1-4-20-15(18)14(17)13(10-11(2)3)16(19)21-12-8-6-5-7-9-12/h5-9,11,13-14,17H,4,10H2,1-3H3/t13-,14-/m0/s1. The second kappa shape index (κ2) is 8.85. The van der Waals surface area contributed by atoms with Crippen LogP contribution in [-0.2, 0) is 14.3 Å². The number of carbonyl (C=O) groups is 2. The van der Waals surface area contributed by atoms with Gasteiger partial charge in [0.2, 0.25) is 0 Å². The van der Waals surface area contributed by atoms with E-state index in [9.17, 15) is 14.7 Å². The first-order valence-electron chi connectivity index (χ1n) is 7.07. The van der Waals surface area contributed by atoms with Crippen molar-refractivity contribution >= 4 is 22.8 Å². The van der Waals surface area contributed by atoms with E-state index in [1.165, 1.54) is 0 Å². The summed E-state index contributed by atoms with van der Waals surface area (Å²) in [6, 6.07) is 9.20. The quantitative estimate of drug-likeness (QED) is 0.620. The maximum absolute atomic E-state index is 12.4. The molecule has 4 nitrogen and oxygen atoms in total. The molecule has 5 heteroatoms. The van der Waals surface area contributed by atoms with Gasteiger partial charge in [0.1, 0.15) is 0 Å². The highest BCUT2D eigenvalue weighted by atomic mass is 32.2. The van der Waals surface area contributed by atoms with Crippen LogP contribution in [0.2, 0.25) is 0 Å². The molecule has 0 heterocycles. The van der Waals surface area contributed by atoms with Crippen LogP contribution in [0.15, 0.2) is 35.2 Å². The fourth-order valence-corrected chi connectivity index (χ4v) is 2.84. The van der Waals surface area contributed by atoms with E-state index >= 15 is 0 Å². The van der Waals surface area contributed by atoms with Gasteiger partial charge in [-0.1, -0.05) is 43.8 Å². The number of aliphatic hydroxyl groups is 1. The van der Waals surface area contributed by atoms with Gasteiger partial charge in [-0.25, -0.2) is 4.79 Å². The van der Waals surface area contributed by atoms with Gasteiger partial charge < -0.3 is 9.84 Å². The number of hydrogen-bond acceptors (Lipinski definition) is 5. The highest BCUT2D eigenvalue weighted by molar-refractivity contribution is 8.13. The highest BCUT2D eigenvalue weighted by Gasteiger charge is 2.34. The lowest BCUT2D eigenvalue weighted by atomic mass is 9.93. The lowest BCUT2D eigenvalue weighted by Crippen LogP contribution is -2.36. The molecule has 21 heavy (non-hydrogen) atoms. The van der Waals surface area contributed by atoms with E-state index in [-0.39, 0.29) is 17.6 Å². The smallest absolute Gasteiger partial charge is 0.335 e. The van der Waals surface area contributed by atoms with Crippen molar-refractivity contribution in [3.8, 4) is 0 Å². The van der Waals surface area contributed by atoms with E-state index in [4.69, 9.17) is 4.74 Å². The zero-order valence-electron chi connectivity index (χ0n) is 12.6. The third-order valence-corrected chi connectivity index (χ3v) is 3.91. The monoisotopic (exact) mass is 310 g/mol. The Labute approximate surface area is 129 Å². The molecule has 0 saturated carbocycles. The van der Waals surface area contributed by atoms with Crippen molar-refractivity contribution in [2.24, 2.45) is 11.8 Å². The summed E-state index contributed by atoms with van der Waals surface area (Å²) in [6.45, 7) is 5.75. The van der Waals surface area contributed by atoms with E-state index in [0.29, 0.717) is 6.42 Å². The minimum atomic E-state index is -1.41. The SMILES string of the molecule is CCOC(=O)[C@@H](O)[C@H](CC(C)C)C(=O)Sc1ccccc1. The van der Waals surface area contributed by atoms with Crippen LogP contribution in [0.25, 0.3) is 0 Å². The van der Waals surface area contributed by atoms with Crippen LogP contribution >= 0.6 is 11.8 Å². The van der Waals surface area contributed by atoms with Crippen molar-refractivity contribution in [1.82, 2.24) is 0 Å². The first kappa shape index (κ1) is 17.7. The summed E-state index contributed by atoms with van der Waals surface area (Å²) in [6.07, 6.45) is -0.963. The van der Waals surface area contributed by atoms with Gasteiger partial charge >= 0.3 is 5.97 Å². The second-order valence-corrected chi connectivity index (χ2v) is 6.24. The van der Waals surface area contributed by atoms with Crippen LogP contribution < -0.4 is 0 Å². The summed E-state index contributed by atoms with van der Waals surface area (Å²) in [7, 11) is 0. The van der Waals surface area contributed by atoms with Crippen molar-refractivity contribution < 1.29 is 19.4 Å². The predicted octanol–water partition coefficient (Wildman–Crippen LogP) is 2.89. The molecule has 1 N–H and O–H groups in total. The van der Waals surface area contributed by atoms with Crippen molar-refractivity contribution in [1.29, 1.82) is 0 Å². The van der Waals surface area contributed by atoms with Gasteiger partial charge in [-0.15, -0.1) is 0 Å². The van der Waals surface area contributed by atoms with Gasteiger partial charge in [0, 0.05) is 4.90 Å². The van der Waals surface area contributed by atoms with Gasteiger partial charge in [-0.3, -0.25) is 4.79 Å². The van der Waals surface area contributed by atoms with Gasteiger partial charge in [0.05, 0.1) is 12.5 Å². The maximum Gasteiger partial charge on any atom is 0.335 e. The van der Waals surface area contributed by atoms with E-state index < -0.39 is 18.0 Å². The number of ether oxygens (including phenoxy) is 1. The number of thioether (sulfide) groups is 1. The van der Waals surface area contributed by atoms with Gasteiger partial charge in [0.25, 0.3) is 0 Å². The molecule has 1 aromatic carbocycles. The molecule has 1 rings (SSSR count). The fraction of sp³-hybridized carbons (Fsp3) is 0.500. The number of carbonyl (C=O) groups excluding carboxylic acids is 2. The van der Waals surface area contributed by atoms with Crippen molar-refractivity contribution in [3.63, 3.8) is 0 Å². The molecule has 0 radical (unpaired) electrons. The van der Waals surface area contributed by atoms with Crippen LogP contribution in [-0.4, -0.2) is 28.9 Å². The number of aliphatic hydroxyl groups excluding tert-OH is 1. The molecule has 0 fully saturated rings. The second-order valence-electron chi connectivity index (χ2n) is 5.17. The first-order chi connectivity index (χ1) is 9.95. The molecule has 116 valence electrons. The Kier molecular flexibility index (Phi) is 7.47. The lowest BCUT2D eigenvalue weighted by Gasteiger charge is -2.21. The molecular formula is C16H22O4S. The van der Waals surface area contributed by atoms with Crippen LogP contribution in [0.5, 0.6) is 0 Å². The number of benzene rings is 1. The van der Waals surface area contributed by atoms with E-state index in [0.717, 1.165) is 16.7 Å². The van der Waals surface area contributed by atoms with Gasteiger partial charge in [-0.05, 0) is 31.4 Å². The Morgan fingerprint density at radius 1 is 1.24 bits per heavy atom. The molecule has 0 aromatic heterocycles. The molecule has 0 bridgehead atoms. The van der Waals surface area contributed by atoms with E-state index in [1.54, 1.807) is 6.92 Å². The van der Waals surface area contributed by atoms with Crippen LogP contribution in [0.1, 0.15) is 27.2 Å². The Morgan fingerprint density at radius 2 is 1.86 bits per heavy atom. The third kappa shape index (κ3) is 5.89. The molecule has 0 saturated heterocycles. The van der Waals surface area contributed by atoms with E-state index in [1.807, 2.05) is 44.2 Å². The summed E-state index contributed by atoms with van der Waals surface area (Å²) in [5.74, 6) is -1.29. The van der Waals surface area contributed by atoms with Crippen molar-refractivity contribution in [2.75, 3.05) is 6.61 Å². The van der Waals surface area contributed by atoms with Crippen molar-refractivity contribution in [3.05, 3.63) is 30.3 Å². The Bertz CT molecular complexity index is 459. The first-order valence-corrected chi connectivity index (χ1v) is 7.88. The molecule has 2 atom stereocenters. The average Bonchev–Trinajstić information content (AvgIpc) is 2.45. The van der Waals surface area contributed by atoms with E-state index in [2.05, 4.69) is 0 Å². The molecule has 0 amide bonds. The normalized spacial score (nSPS) is 13.8. The predicted molar refractivity (Wildman–Crippen MR) is 82.9 cm³/mol. The largest absolute Gasteiger partial charge is 0.464 e. The molecule has 0 aliphatic rings. The zero-order valence-corrected chi connectivity index (χ0v) is 13.4. The molecule has 1 aromatic rings. The lowest BCUT2D eigenvalue weighted by molar-refractivity contribution is -0.157. The van der Waals surface area contributed by atoms with Crippen molar-refractivity contribution in [2.45, 2.75) is 38.2 Å². The summed E-state index contributed by atoms with van der Waals surface area (Å²) in [5, 5.41) is 9.88. The Balaban J connectivity index is 2.81. The molecular weight excluding hydrogens is 288 g/mol. The van der Waals surface area contributed by atoms with Crippen LogP contribution in [0.3, 0.4) is 0 Å². The summed E-state index contributed by atoms with van der Waals surface area (Å²) in [4.78, 5) is 24.9. The fourth-order valence-electron chi connectivity index (χ4n) is 1.93.